The molecule has 1 saturated heterocycles. The van der Waals surface area contributed by atoms with E-state index in [1.54, 1.807) is 0 Å². The van der Waals surface area contributed by atoms with Gasteiger partial charge in [-0.15, -0.1) is 0 Å². The molecule has 0 bridgehead atoms. The smallest absolute Gasteiger partial charge is 0.340 e. The van der Waals surface area contributed by atoms with E-state index >= 15 is 0 Å². The van der Waals surface area contributed by atoms with Crippen molar-refractivity contribution in [2.75, 3.05) is 13.2 Å². The molecule has 0 amide bonds. The van der Waals surface area contributed by atoms with Crippen LogP contribution >= 0.6 is 0 Å². The van der Waals surface area contributed by atoms with E-state index in [1.807, 2.05) is 6.92 Å². The van der Waals surface area contributed by atoms with Crippen molar-refractivity contribution in [3.05, 3.63) is 0 Å². The molecule has 3 heteroatoms. The van der Waals surface area contributed by atoms with Crippen molar-refractivity contribution in [3.8, 4) is 0 Å². The molecule has 0 aromatic carbocycles. The summed E-state index contributed by atoms with van der Waals surface area (Å²) < 4.78 is 10.5. The van der Waals surface area contributed by atoms with Gasteiger partial charge in [-0.3, -0.25) is 0 Å². The van der Waals surface area contributed by atoms with Gasteiger partial charge in [0.05, 0.1) is 13.2 Å². The highest BCUT2D eigenvalue weighted by Gasteiger charge is 2.53. The molecule has 1 saturated carbocycles. The molecule has 0 spiro atoms. The molecule has 2 aliphatic rings. The minimum Gasteiger partial charge on any atom is -0.464 e. The Hall–Kier alpha value is -0.570. The minimum atomic E-state index is -0.558. The van der Waals surface area contributed by atoms with E-state index in [-0.39, 0.29) is 5.97 Å². The normalized spacial score (nSPS) is 28.5. The zero-order valence-corrected chi connectivity index (χ0v) is 12.3. The lowest BCUT2D eigenvalue weighted by atomic mass is 9.86. The number of ether oxygens (including phenoxy) is 2. The first kappa shape index (κ1) is 14.8. The standard InChI is InChI=1S/C16H28O3/c1-2-18-15(17)16(13-19-16)12-8-11-14-9-6-4-3-5-7-10-14/h14H,2-13H2,1H3. The van der Waals surface area contributed by atoms with Crippen LogP contribution in [0.5, 0.6) is 0 Å². The van der Waals surface area contributed by atoms with E-state index in [4.69, 9.17) is 9.47 Å². The van der Waals surface area contributed by atoms with Gasteiger partial charge in [0.15, 0.2) is 5.60 Å². The molecule has 0 radical (unpaired) electrons. The Morgan fingerprint density at radius 3 is 2.42 bits per heavy atom. The van der Waals surface area contributed by atoms with E-state index in [2.05, 4.69) is 0 Å². The van der Waals surface area contributed by atoms with Crippen LogP contribution in [-0.4, -0.2) is 24.8 Å². The molecule has 1 unspecified atom stereocenters. The maximum absolute atomic E-state index is 11.8. The molecular weight excluding hydrogens is 240 g/mol. The number of hydrogen-bond acceptors (Lipinski definition) is 3. The van der Waals surface area contributed by atoms with E-state index in [0.717, 1.165) is 18.8 Å². The van der Waals surface area contributed by atoms with Crippen LogP contribution in [0.4, 0.5) is 0 Å². The average molecular weight is 268 g/mol. The van der Waals surface area contributed by atoms with Crippen LogP contribution in [0, 0.1) is 5.92 Å². The van der Waals surface area contributed by atoms with Crippen LogP contribution in [0.3, 0.4) is 0 Å². The largest absolute Gasteiger partial charge is 0.464 e. The van der Waals surface area contributed by atoms with E-state index < -0.39 is 5.60 Å². The lowest BCUT2D eigenvalue weighted by molar-refractivity contribution is -0.149. The highest BCUT2D eigenvalue weighted by atomic mass is 16.6. The lowest BCUT2D eigenvalue weighted by Gasteiger charge is -2.20. The van der Waals surface area contributed by atoms with E-state index in [1.165, 1.54) is 51.4 Å². The van der Waals surface area contributed by atoms with Crippen LogP contribution in [0.15, 0.2) is 0 Å². The molecule has 1 atom stereocenters. The number of esters is 1. The van der Waals surface area contributed by atoms with Gasteiger partial charge >= 0.3 is 5.97 Å². The first-order valence-corrected chi connectivity index (χ1v) is 8.08. The van der Waals surface area contributed by atoms with Crippen LogP contribution in [0.25, 0.3) is 0 Å². The third kappa shape index (κ3) is 4.48. The fraction of sp³-hybridized carbons (Fsp3) is 0.938. The SMILES string of the molecule is CCOC(=O)C1(CCCC2CCCCCCC2)CO1. The number of epoxide rings is 1. The molecule has 2 rings (SSSR count). The summed E-state index contributed by atoms with van der Waals surface area (Å²) in [4.78, 5) is 11.8. The van der Waals surface area contributed by atoms with Gasteiger partial charge in [0, 0.05) is 0 Å². The van der Waals surface area contributed by atoms with Crippen molar-refractivity contribution in [2.45, 2.75) is 76.7 Å². The molecule has 2 fully saturated rings. The summed E-state index contributed by atoms with van der Waals surface area (Å²) in [5, 5.41) is 0. The number of carbonyl (C=O) groups is 1. The van der Waals surface area contributed by atoms with Gasteiger partial charge in [-0.2, -0.15) is 0 Å². The topological polar surface area (TPSA) is 38.8 Å². The minimum absolute atomic E-state index is 0.146. The molecular formula is C16H28O3. The summed E-state index contributed by atoms with van der Waals surface area (Å²) in [6.45, 7) is 2.87. The number of hydrogen-bond donors (Lipinski definition) is 0. The van der Waals surface area contributed by atoms with Crippen molar-refractivity contribution >= 4 is 5.97 Å². The average Bonchev–Trinajstić information content (AvgIpc) is 3.13. The summed E-state index contributed by atoms with van der Waals surface area (Å²) in [6, 6.07) is 0. The second-order valence-corrected chi connectivity index (χ2v) is 6.11. The van der Waals surface area contributed by atoms with Crippen LogP contribution in [0.1, 0.15) is 71.1 Å². The highest BCUT2D eigenvalue weighted by molar-refractivity contribution is 5.82. The van der Waals surface area contributed by atoms with Crippen molar-refractivity contribution < 1.29 is 14.3 Å². The summed E-state index contributed by atoms with van der Waals surface area (Å²) >= 11 is 0. The van der Waals surface area contributed by atoms with E-state index in [9.17, 15) is 4.79 Å². The Kier molecular flexibility index (Phi) is 5.68. The second-order valence-electron chi connectivity index (χ2n) is 6.11. The van der Waals surface area contributed by atoms with E-state index in [0.29, 0.717) is 13.2 Å². The molecule has 1 aliphatic heterocycles. The number of carbonyl (C=O) groups excluding carboxylic acids is 1. The lowest BCUT2D eigenvalue weighted by Crippen LogP contribution is -2.27. The number of rotatable bonds is 6. The van der Waals surface area contributed by atoms with Crippen LogP contribution in [0.2, 0.25) is 0 Å². The Bertz CT molecular complexity index is 276. The van der Waals surface area contributed by atoms with Gasteiger partial charge < -0.3 is 9.47 Å². The van der Waals surface area contributed by atoms with Gasteiger partial charge in [0.2, 0.25) is 0 Å². The van der Waals surface area contributed by atoms with Crippen LogP contribution < -0.4 is 0 Å². The fourth-order valence-corrected chi connectivity index (χ4v) is 3.22. The Labute approximate surface area is 117 Å². The van der Waals surface area contributed by atoms with Gasteiger partial charge in [0.1, 0.15) is 0 Å². The third-order valence-electron chi connectivity index (χ3n) is 4.56. The van der Waals surface area contributed by atoms with Crippen molar-refractivity contribution in [1.29, 1.82) is 0 Å². The molecule has 1 aliphatic carbocycles. The first-order valence-electron chi connectivity index (χ1n) is 8.08. The Balaban J connectivity index is 1.66. The van der Waals surface area contributed by atoms with Gasteiger partial charge in [0.25, 0.3) is 0 Å². The first-order chi connectivity index (χ1) is 9.27. The van der Waals surface area contributed by atoms with Crippen molar-refractivity contribution in [2.24, 2.45) is 5.92 Å². The Morgan fingerprint density at radius 2 is 1.84 bits per heavy atom. The molecule has 0 N–H and O–H groups in total. The molecule has 0 aromatic rings. The molecule has 110 valence electrons. The maximum atomic E-state index is 11.8. The summed E-state index contributed by atoms with van der Waals surface area (Å²) in [7, 11) is 0. The zero-order valence-electron chi connectivity index (χ0n) is 12.3. The quantitative estimate of drug-likeness (QED) is 0.542. The zero-order chi connectivity index (χ0) is 13.6. The summed E-state index contributed by atoms with van der Waals surface area (Å²) in [6.07, 6.45) is 13.0. The molecule has 0 aromatic heterocycles. The van der Waals surface area contributed by atoms with Gasteiger partial charge in [-0.05, 0) is 25.7 Å². The van der Waals surface area contributed by atoms with Crippen molar-refractivity contribution in [1.82, 2.24) is 0 Å². The van der Waals surface area contributed by atoms with Crippen LogP contribution in [-0.2, 0) is 14.3 Å². The third-order valence-corrected chi connectivity index (χ3v) is 4.56. The van der Waals surface area contributed by atoms with Crippen molar-refractivity contribution in [3.63, 3.8) is 0 Å². The highest BCUT2D eigenvalue weighted by Crippen LogP contribution is 2.36. The molecule has 3 nitrogen and oxygen atoms in total. The monoisotopic (exact) mass is 268 g/mol. The summed E-state index contributed by atoms with van der Waals surface area (Å²) in [5.41, 5.74) is -0.558. The maximum Gasteiger partial charge on any atom is 0.340 e. The predicted octanol–water partition coefficient (Wildman–Crippen LogP) is 3.85. The molecule has 19 heavy (non-hydrogen) atoms. The van der Waals surface area contributed by atoms with Gasteiger partial charge in [-0.1, -0.05) is 51.4 Å². The fourth-order valence-electron chi connectivity index (χ4n) is 3.22. The predicted molar refractivity (Wildman–Crippen MR) is 75.0 cm³/mol. The Morgan fingerprint density at radius 1 is 1.21 bits per heavy atom. The second kappa shape index (κ2) is 7.28. The van der Waals surface area contributed by atoms with Gasteiger partial charge in [-0.25, -0.2) is 4.79 Å². The molecule has 1 heterocycles. The summed E-state index contributed by atoms with van der Waals surface area (Å²) in [5.74, 6) is 0.728.